The molecule has 0 radical (unpaired) electrons. The highest BCUT2D eigenvalue weighted by atomic mass is 16.5. The fourth-order valence-corrected chi connectivity index (χ4v) is 1.73. The van der Waals surface area contributed by atoms with Gasteiger partial charge in [-0.15, -0.1) is 0 Å². The summed E-state index contributed by atoms with van der Waals surface area (Å²) in [5.74, 6) is 0. The lowest BCUT2D eigenvalue weighted by Gasteiger charge is -2.23. The zero-order valence-corrected chi connectivity index (χ0v) is 9.69. The molecule has 1 aromatic rings. The van der Waals surface area contributed by atoms with E-state index in [-0.39, 0.29) is 6.10 Å². The van der Waals surface area contributed by atoms with Crippen molar-refractivity contribution < 1.29 is 9.47 Å². The summed E-state index contributed by atoms with van der Waals surface area (Å²) in [6.45, 7) is 4.04. The molecule has 1 atom stereocenters. The number of nitrogens with one attached hydrogen (secondary N) is 1. The molecule has 1 fully saturated rings. The van der Waals surface area contributed by atoms with Gasteiger partial charge < -0.3 is 14.8 Å². The average molecular weight is 225 g/mol. The number of hydrogen-bond donors (Lipinski definition) is 1. The van der Waals surface area contributed by atoms with Crippen molar-refractivity contribution in [1.29, 1.82) is 0 Å². The largest absolute Gasteiger partial charge is 0.378 e. The molecule has 16 heavy (non-hydrogen) atoms. The van der Waals surface area contributed by atoms with Crippen LogP contribution in [0.3, 0.4) is 0 Å². The molecule has 1 unspecified atom stereocenters. The van der Waals surface area contributed by atoms with Crippen LogP contribution in [0.15, 0.2) is 12.4 Å². The van der Waals surface area contributed by atoms with Crippen LogP contribution >= 0.6 is 0 Å². The van der Waals surface area contributed by atoms with Crippen molar-refractivity contribution in [3.8, 4) is 0 Å². The lowest BCUT2D eigenvalue weighted by atomic mass is 10.3. The van der Waals surface area contributed by atoms with Crippen LogP contribution in [0.25, 0.3) is 0 Å². The molecule has 0 bridgehead atoms. The van der Waals surface area contributed by atoms with Crippen LogP contribution in [-0.2, 0) is 22.9 Å². The highest BCUT2D eigenvalue weighted by Crippen LogP contribution is 2.00. The van der Waals surface area contributed by atoms with E-state index in [1.165, 1.54) is 5.56 Å². The molecule has 1 saturated heterocycles. The van der Waals surface area contributed by atoms with Crippen LogP contribution in [0.1, 0.15) is 5.56 Å². The van der Waals surface area contributed by atoms with E-state index in [4.69, 9.17) is 9.47 Å². The Labute approximate surface area is 95.7 Å². The minimum atomic E-state index is 0.211. The Balaban J connectivity index is 1.57. The second kappa shape index (κ2) is 5.98. The molecule has 90 valence electrons. The lowest BCUT2D eigenvalue weighted by Crippen LogP contribution is -2.41. The Bertz CT molecular complexity index is 308. The summed E-state index contributed by atoms with van der Waals surface area (Å²) in [6, 6.07) is 0. The molecule has 5 heteroatoms. The summed E-state index contributed by atoms with van der Waals surface area (Å²) < 4.78 is 12.9. The summed E-state index contributed by atoms with van der Waals surface area (Å²) in [7, 11) is 1.92. The molecule has 0 aliphatic carbocycles. The number of aryl methyl sites for hydroxylation is 1. The Morgan fingerprint density at radius 2 is 2.62 bits per heavy atom. The number of nitrogens with zero attached hydrogens (tertiary/aromatic N) is 2. The second-order valence-corrected chi connectivity index (χ2v) is 4.04. The molecule has 1 aliphatic rings. The van der Waals surface area contributed by atoms with Crippen molar-refractivity contribution >= 4 is 0 Å². The van der Waals surface area contributed by atoms with Gasteiger partial charge in [-0.2, -0.15) is 5.10 Å². The molecule has 2 rings (SSSR count). The Morgan fingerprint density at radius 1 is 1.69 bits per heavy atom. The lowest BCUT2D eigenvalue weighted by molar-refractivity contribution is -0.0307. The highest BCUT2D eigenvalue weighted by molar-refractivity contribution is 5.03. The number of hydrogen-bond acceptors (Lipinski definition) is 4. The van der Waals surface area contributed by atoms with Gasteiger partial charge in [0.2, 0.25) is 0 Å². The normalized spacial score (nSPS) is 21.2. The van der Waals surface area contributed by atoms with E-state index in [1.807, 2.05) is 24.1 Å². The maximum absolute atomic E-state index is 5.58. The molecule has 1 aliphatic heterocycles. The molecular weight excluding hydrogens is 206 g/mol. The van der Waals surface area contributed by atoms with Crippen LogP contribution in [-0.4, -0.2) is 48.8 Å². The summed E-state index contributed by atoms with van der Waals surface area (Å²) in [6.07, 6.45) is 5.01. The summed E-state index contributed by atoms with van der Waals surface area (Å²) >= 11 is 0. The smallest absolute Gasteiger partial charge is 0.0933 e. The molecule has 2 heterocycles. The van der Waals surface area contributed by atoms with Gasteiger partial charge in [0.15, 0.2) is 0 Å². The van der Waals surface area contributed by atoms with Crippen molar-refractivity contribution in [2.24, 2.45) is 7.05 Å². The highest BCUT2D eigenvalue weighted by Gasteiger charge is 2.12. The van der Waals surface area contributed by atoms with Crippen molar-refractivity contribution in [3.05, 3.63) is 18.0 Å². The van der Waals surface area contributed by atoms with Gasteiger partial charge in [0.1, 0.15) is 0 Å². The maximum atomic E-state index is 5.58. The topological polar surface area (TPSA) is 48.3 Å². The van der Waals surface area contributed by atoms with Crippen LogP contribution in [0, 0.1) is 0 Å². The Kier molecular flexibility index (Phi) is 4.33. The van der Waals surface area contributed by atoms with Gasteiger partial charge in [-0.1, -0.05) is 0 Å². The zero-order valence-electron chi connectivity index (χ0n) is 9.69. The van der Waals surface area contributed by atoms with E-state index in [1.54, 1.807) is 0 Å². The molecule has 0 spiro atoms. The molecule has 0 aromatic carbocycles. The van der Waals surface area contributed by atoms with E-state index in [0.717, 1.165) is 32.7 Å². The fraction of sp³-hybridized carbons (Fsp3) is 0.727. The van der Waals surface area contributed by atoms with Gasteiger partial charge >= 0.3 is 0 Å². The van der Waals surface area contributed by atoms with Gasteiger partial charge in [-0.25, -0.2) is 0 Å². The second-order valence-electron chi connectivity index (χ2n) is 4.04. The predicted molar refractivity (Wildman–Crippen MR) is 60.3 cm³/mol. The van der Waals surface area contributed by atoms with Crippen molar-refractivity contribution in [2.45, 2.75) is 12.5 Å². The van der Waals surface area contributed by atoms with Gasteiger partial charge in [-0.3, -0.25) is 4.68 Å². The predicted octanol–water partition coefficient (Wildman–Crippen LogP) is -0.0324. The van der Waals surface area contributed by atoms with Crippen LogP contribution < -0.4 is 5.32 Å². The minimum Gasteiger partial charge on any atom is -0.378 e. The van der Waals surface area contributed by atoms with Crippen molar-refractivity contribution in [3.63, 3.8) is 0 Å². The number of morpholine rings is 1. The van der Waals surface area contributed by atoms with E-state index in [2.05, 4.69) is 10.4 Å². The maximum Gasteiger partial charge on any atom is 0.0933 e. The van der Waals surface area contributed by atoms with Gasteiger partial charge in [0.05, 0.1) is 32.1 Å². The summed E-state index contributed by atoms with van der Waals surface area (Å²) in [5.41, 5.74) is 1.21. The van der Waals surface area contributed by atoms with Crippen LogP contribution in [0.4, 0.5) is 0 Å². The van der Waals surface area contributed by atoms with E-state index in [9.17, 15) is 0 Å². The monoisotopic (exact) mass is 225 g/mol. The van der Waals surface area contributed by atoms with Crippen LogP contribution in [0.2, 0.25) is 0 Å². The fourth-order valence-electron chi connectivity index (χ4n) is 1.73. The number of rotatable bonds is 5. The minimum absolute atomic E-state index is 0.211. The molecule has 0 amide bonds. The SMILES string of the molecule is Cn1cc(CCOCC2CNCCO2)cn1. The van der Waals surface area contributed by atoms with Crippen molar-refractivity contribution in [2.75, 3.05) is 32.9 Å². The third kappa shape index (κ3) is 3.59. The van der Waals surface area contributed by atoms with Gasteiger partial charge in [0.25, 0.3) is 0 Å². The molecular formula is C11H19N3O2. The van der Waals surface area contributed by atoms with E-state index in [0.29, 0.717) is 6.61 Å². The quantitative estimate of drug-likeness (QED) is 0.715. The first-order valence-corrected chi connectivity index (χ1v) is 5.72. The first-order chi connectivity index (χ1) is 7.84. The van der Waals surface area contributed by atoms with E-state index < -0.39 is 0 Å². The third-order valence-corrected chi connectivity index (χ3v) is 2.60. The summed E-state index contributed by atoms with van der Waals surface area (Å²) in [4.78, 5) is 0. The third-order valence-electron chi connectivity index (χ3n) is 2.60. The van der Waals surface area contributed by atoms with Crippen molar-refractivity contribution in [1.82, 2.24) is 15.1 Å². The Hall–Kier alpha value is -0.910. The summed E-state index contributed by atoms with van der Waals surface area (Å²) in [5, 5.41) is 7.39. The van der Waals surface area contributed by atoms with E-state index >= 15 is 0 Å². The molecule has 0 saturated carbocycles. The molecule has 5 nitrogen and oxygen atoms in total. The first-order valence-electron chi connectivity index (χ1n) is 5.72. The van der Waals surface area contributed by atoms with Gasteiger partial charge in [0, 0.05) is 26.3 Å². The zero-order chi connectivity index (χ0) is 11.2. The average Bonchev–Trinajstić information content (AvgIpc) is 2.72. The molecule has 1 aromatic heterocycles. The van der Waals surface area contributed by atoms with Gasteiger partial charge in [-0.05, 0) is 12.0 Å². The number of ether oxygens (including phenoxy) is 2. The number of aromatic nitrogens is 2. The Morgan fingerprint density at radius 3 is 3.31 bits per heavy atom. The molecule has 1 N–H and O–H groups in total. The van der Waals surface area contributed by atoms with Crippen LogP contribution in [0.5, 0.6) is 0 Å². The standard InChI is InChI=1S/C11H19N3O2/c1-14-8-10(6-13-14)2-4-15-9-11-7-12-3-5-16-11/h6,8,11-12H,2-5,7,9H2,1H3. The first kappa shape index (κ1) is 11.6.